The first-order chi connectivity index (χ1) is 7.13. The molecule has 0 heterocycles. The minimum Gasteiger partial charge on any atom is -0.508 e. The minimum atomic E-state index is -3.66. The number of hydrogen-bond acceptors (Lipinski definition) is 3. The van der Waals surface area contributed by atoms with Gasteiger partial charge in [-0.25, -0.2) is 12.8 Å². The molecule has 0 radical (unpaired) electrons. The van der Waals surface area contributed by atoms with Crippen molar-refractivity contribution in [3.8, 4) is 5.75 Å². The summed E-state index contributed by atoms with van der Waals surface area (Å²) in [5, 5.41) is 8.98. The first kappa shape index (κ1) is 12.8. The molecule has 0 amide bonds. The van der Waals surface area contributed by atoms with Gasteiger partial charge < -0.3 is 5.11 Å². The molecule has 0 saturated heterocycles. The quantitative estimate of drug-likeness (QED) is 0.786. The van der Waals surface area contributed by atoms with Gasteiger partial charge in [0.15, 0.2) is 5.82 Å². The van der Waals surface area contributed by atoms with Crippen molar-refractivity contribution in [1.82, 2.24) is 0 Å². The number of benzene rings is 1. The molecule has 0 bridgehead atoms. The second-order valence-corrected chi connectivity index (χ2v) is 6.82. The number of anilines is 1. The largest absolute Gasteiger partial charge is 0.508 e. The third kappa shape index (κ3) is 2.63. The monoisotopic (exact) mass is 247 g/mol. The molecule has 4 nitrogen and oxygen atoms in total. The van der Waals surface area contributed by atoms with E-state index < -0.39 is 20.6 Å². The van der Waals surface area contributed by atoms with Gasteiger partial charge in [-0.3, -0.25) is 4.72 Å². The van der Waals surface area contributed by atoms with E-state index in [-0.39, 0.29) is 11.4 Å². The fourth-order valence-corrected chi connectivity index (χ4v) is 1.65. The summed E-state index contributed by atoms with van der Waals surface area (Å²) in [4.78, 5) is 0. The summed E-state index contributed by atoms with van der Waals surface area (Å²) in [6, 6.07) is 3.23. The van der Waals surface area contributed by atoms with E-state index in [0.29, 0.717) is 0 Å². The van der Waals surface area contributed by atoms with Crippen LogP contribution in [0.5, 0.6) is 5.75 Å². The first-order valence-corrected chi connectivity index (χ1v) is 6.13. The van der Waals surface area contributed by atoms with Crippen LogP contribution in [-0.4, -0.2) is 18.3 Å². The highest BCUT2D eigenvalue weighted by atomic mass is 32.2. The summed E-state index contributed by atoms with van der Waals surface area (Å²) in [5.41, 5.74) is -0.173. The van der Waals surface area contributed by atoms with E-state index >= 15 is 0 Å². The fraction of sp³-hybridized carbons (Fsp3) is 0.400. The van der Waals surface area contributed by atoms with E-state index in [0.717, 1.165) is 6.07 Å². The zero-order chi connectivity index (χ0) is 12.6. The molecule has 0 unspecified atom stereocenters. The molecule has 0 fully saturated rings. The Balaban J connectivity index is 3.07. The normalized spacial score (nSPS) is 12.5. The van der Waals surface area contributed by atoms with Gasteiger partial charge in [-0.05, 0) is 32.9 Å². The van der Waals surface area contributed by atoms with Crippen molar-refractivity contribution < 1.29 is 17.9 Å². The minimum absolute atomic E-state index is 0.173. The number of sulfonamides is 1. The maximum absolute atomic E-state index is 13.3. The molecule has 0 aliphatic carbocycles. The SMILES string of the molecule is CC(C)(C)S(=O)(=O)Nc1ccc(O)cc1F. The van der Waals surface area contributed by atoms with Crippen molar-refractivity contribution in [3.05, 3.63) is 24.0 Å². The molecule has 16 heavy (non-hydrogen) atoms. The second-order valence-electron chi connectivity index (χ2n) is 4.38. The van der Waals surface area contributed by atoms with E-state index in [1.54, 1.807) is 0 Å². The molecule has 1 aromatic rings. The Hall–Kier alpha value is -1.30. The maximum Gasteiger partial charge on any atom is 0.237 e. The lowest BCUT2D eigenvalue weighted by molar-refractivity contribution is 0.469. The molecular formula is C10H14FNO3S. The van der Waals surface area contributed by atoms with E-state index in [1.807, 2.05) is 0 Å². The van der Waals surface area contributed by atoms with Crippen LogP contribution >= 0.6 is 0 Å². The van der Waals surface area contributed by atoms with Gasteiger partial charge in [-0.1, -0.05) is 0 Å². The van der Waals surface area contributed by atoms with Crippen LogP contribution in [0.2, 0.25) is 0 Å². The number of hydrogen-bond donors (Lipinski definition) is 2. The third-order valence-corrected chi connectivity index (χ3v) is 4.10. The average molecular weight is 247 g/mol. The third-order valence-electron chi connectivity index (χ3n) is 2.00. The highest BCUT2D eigenvalue weighted by molar-refractivity contribution is 7.94. The summed E-state index contributed by atoms with van der Waals surface area (Å²) in [6.07, 6.45) is 0. The lowest BCUT2D eigenvalue weighted by atomic mass is 10.3. The number of halogens is 1. The van der Waals surface area contributed by atoms with Crippen LogP contribution in [0.4, 0.5) is 10.1 Å². The van der Waals surface area contributed by atoms with Gasteiger partial charge in [0.05, 0.1) is 10.4 Å². The fourth-order valence-electron chi connectivity index (χ4n) is 0.885. The highest BCUT2D eigenvalue weighted by Gasteiger charge is 2.29. The Bertz CT molecular complexity index is 491. The summed E-state index contributed by atoms with van der Waals surface area (Å²) in [6.45, 7) is 4.52. The lowest BCUT2D eigenvalue weighted by Gasteiger charge is -2.20. The van der Waals surface area contributed by atoms with Gasteiger partial charge in [0, 0.05) is 6.07 Å². The number of rotatable bonds is 2. The van der Waals surface area contributed by atoms with Gasteiger partial charge >= 0.3 is 0 Å². The summed E-state index contributed by atoms with van der Waals surface area (Å²) < 4.78 is 37.8. The Labute approximate surface area is 94.2 Å². The summed E-state index contributed by atoms with van der Waals surface area (Å²) in [5.74, 6) is -1.07. The average Bonchev–Trinajstić information content (AvgIpc) is 2.08. The van der Waals surface area contributed by atoms with Gasteiger partial charge in [0.2, 0.25) is 10.0 Å². The van der Waals surface area contributed by atoms with Crippen molar-refractivity contribution >= 4 is 15.7 Å². The molecule has 90 valence electrons. The summed E-state index contributed by atoms with van der Waals surface area (Å²) in [7, 11) is -3.66. The van der Waals surface area contributed by atoms with Crippen molar-refractivity contribution in [2.24, 2.45) is 0 Å². The van der Waals surface area contributed by atoms with Crippen molar-refractivity contribution in [3.63, 3.8) is 0 Å². The molecule has 1 rings (SSSR count). The van der Waals surface area contributed by atoms with Crippen molar-refractivity contribution in [1.29, 1.82) is 0 Å². The Morgan fingerprint density at radius 3 is 2.31 bits per heavy atom. The molecule has 0 aliphatic heterocycles. The molecule has 0 atom stereocenters. The predicted octanol–water partition coefficient (Wildman–Crippen LogP) is 2.07. The smallest absolute Gasteiger partial charge is 0.237 e. The van der Waals surface area contributed by atoms with Crippen LogP contribution in [0, 0.1) is 5.82 Å². The molecule has 0 aliphatic rings. The van der Waals surface area contributed by atoms with Crippen LogP contribution < -0.4 is 4.72 Å². The van der Waals surface area contributed by atoms with Crippen molar-refractivity contribution in [2.75, 3.05) is 4.72 Å². The Morgan fingerprint density at radius 1 is 1.31 bits per heavy atom. The van der Waals surface area contributed by atoms with Crippen LogP contribution in [0.3, 0.4) is 0 Å². The van der Waals surface area contributed by atoms with Crippen LogP contribution in [0.15, 0.2) is 18.2 Å². The predicted molar refractivity (Wildman–Crippen MR) is 60.4 cm³/mol. The Kier molecular flexibility index (Phi) is 3.14. The Morgan fingerprint density at radius 2 is 1.88 bits per heavy atom. The number of phenolic OH excluding ortho intramolecular Hbond substituents is 1. The van der Waals surface area contributed by atoms with E-state index in [1.165, 1.54) is 32.9 Å². The zero-order valence-corrected chi connectivity index (χ0v) is 10.1. The molecule has 2 N–H and O–H groups in total. The van der Waals surface area contributed by atoms with Gasteiger partial charge in [-0.15, -0.1) is 0 Å². The van der Waals surface area contributed by atoms with E-state index in [2.05, 4.69) is 4.72 Å². The lowest BCUT2D eigenvalue weighted by Crippen LogP contribution is -2.33. The van der Waals surface area contributed by atoms with E-state index in [9.17, 15) is 12.8 Å². The standard InChI is InChI=1S/C10H14FNO3S/c1-10(2,3)16(14,15)12-9-5-4-7(13)6-8(9)11/h4-6,12-13H,1-3H3. The molecule has 0 saturated carbocycles. The number of nitrogens with one attached hydrogen (secondary N) is 1. The molecule has 1 aromatic carbocycles. The van der Waals surface area contributed by atoms with Crippen LogP contribution in [0.25, 0.3) is 0 Å². The number of aromatic hydroxyl groups is 1. The first-order valence-electron chi connectivity index (χ1n) is 4.64. The maximum atomic E-state index is 13.3. The zero-order valence-electron chi connectivity index (χ0n) is 9.28. The van der Waals surface area contributed by atoms with Gasteiger partial charge in [-0.2, -0.15) is 0 Å². The molecule has 0 aromatic heterocycles. The van der Waals surface area contributed by atoms with Crippen LogP contribution in [-0.2, 0) is 10.0 Å². The molecule has 0 spiro atoms. The van der Waals surface area contributed by atoms with Crippen LogP contribution in [0.1, 0.15) is 20.8 Å². The topological polar surface area (TPSA) is 66.4 Å². The molecule has 6 heteroatoms. The van der Waals surface area contributed by atoms with Crippen molar-refractivity contribution in [2.45, 2.75) is 25.5 Å². The van der Waals surface area contributed by atoms with E-state index in [4.69, 9.17) is 5.11 Å². The second kappa shape index (κ2) is 3.93. The summed E-state index contributed by atoms with van der Waals surface area (Å²) >= 11 is 0. The molecular weight excluding hydrogens is 233 g/mol. The van der Waals surface area contributed by atoms with Gasteiger partial charge in [0.1, 0.15) is 5.75 Å². The number of phenols is 1. The highest BCUT2D eigenvalue weighted by Crippen LogP contribution is 2.24. The van der Waals surface area contributed by atoms with Gasteiger partial charge in [0.25, 0.3) is 0 Å².